The minimum atomic E-state index is -0.633. The second kappa shape index (κ2) is 4.06. The van der Waals surface area contributed by atoms with Crippen LogP contribution in [0.25, 0.3) is 0 Å². The SMILES string of the molecule is CONC(=O)c1c[nH]cc(Cl)c1=O. The summed E-state index contributed by atoms with van der Waals surface area (Å²) in [5.74, 6) is -0.633. The van der Waals surface area contributed by atoms with Crippen molar-refractivity contribution in [2.24, 2.45) is 0 Å². The fourth-order valence-electron chi connectivity index (χ4n) is 0.774. The van der Waals surface area contributed by atoms with Gasteiger partial charge in [-0.15, -0.1) is 0 Å². The summed E-state index contributed by atoms with van der Waals surface area (Å²) in [5, 5.41) is -0.0382. The van der Waals surface area contributed by atoms with E-state index in [0.29, 0.717) is 0 Å². The number of nitrogens with one attached hydrogen (secondary N) is 2. The van der Waals surface area contributed by atoms with Gasteiger partial charge >= 0.3 is 0 Å². The van der Waals surface area contributed by atoms with Gasteiger partial charge in [0.1, 0.15) is 10.6 Å². The third kappa shape index (κ3) is 2.07. The molecule has 0 spiro atoms. The summed E-state index contributed by atoms with van der Waals surface area (Å²) >= 11 is 5.49. The van der Waals surface area contributed by atoms with Gasteiger partial charge in [-0.25, -0.2) is 5.48 Å². The lowest BCUT2D eigenvalue weighted by Gasteiger charge is -2.00. The number of aromatic nitrogens is 1. The number of aromatic amines is 1. The van der Waals surface area contributed by atoms with Crippen molar-refractivity contribution >= 4 is 17.5 Å². The molecule has 0 bridgehead atoms. The van der Waals surface area contributed by atoms with Gasteiger partial charge in [0.15, 0.2) is 0 Å². The molecule has 0 aliphatic rings. The number of pyridine rings is 1. The van der Waals surface area contributed by atoms with Crippen LogP contribution in [0.2, 0.25) is 5.02 Å². The van der Waals surface area contributed by atoms with Gasteiger partial charge < -0.3 is 4.98 Å². The van der Waals surface area contributed by atoms with Crippen LogP contribution in [0, 0.1) is 0 Å². The van der Waals surface area contributed by atoms with E-state index in [1.165, 1.54) is 19.5 Å². The van der Waals surface area contributed by atoms with Crippen LogP contribution in [0.1, 0.15) is 10.4 Å². The maximum Gasteiger partial charge on any atom is 0.280 e. The van der Waals surface area contributed by atoms with Crippen molar-refractivity contribution in [3.05, 3.63) is 33.2 Å². The Labute approximate surface area is 78.6 Å². The molecule has 0 aliphatic carbocycles. The number of H-pyrrole nitrogens is 1. The Morgan fingerprint density at radius 1 is 1.62 bits per heavy atom. The molecule has 1 amide bonds. The first kappa shape index (κ1) is 9.76. The number of hydroxylamine groups is 1. The lowest BCUT2D eigenvalue weighted by molar-refractivity contribution is 0.0536. The molecular formula is C7H7ClN2O3. The van der Waals surface area contributed by atoms with Crippen LogP contribution in [0.15, 0.2) is 17.2 Å². The average molecular weight is 203 g/mol. The maximum absolute atomic E-state index is 11.2. The number of halogens is 1. The van der Waals surface area contributed by atoms with Gasteiger partial charge in [-0.3, -0.25) is 14.4 Å². The normalized spacial score (nSPS) is 9.69. The molecule has 70 valence electrons. The molecule has 0 saturated carbocycles. The molecule has 1 aromatic rings. The summed E-state index contributed by atoms with van der Waals surface area (Å²) in [5.41, 5.74) is 1.39. The van der Waals surface area contributed by atoms with E-state index >= 15 is 0 Å². The van der Waals surface area contributed by atoms with Crippen LogP contribution in [-0.2, 0) is 4.84 Å². The lowest BCUT2D eigenvalue weighted by Crippen LogP contribution is -2.27. The van der Waals surface area contributed by atoms with Gasteiger partial charge in [0.05, 0.1) is 7.11 Å². The molecule has 5 nitrogen and oxygen atoms in total. The second-order valence-electron chi connectivity index (χ2n) is 2.18. The highest BCUT2D eigenvalue weighted by Gasteiger charge is 2.11. The molecule has 0 fully saturated rings. The minimum absolute atomic E-state index is 0.0382. The van der Waals surface area contributed by atoms with E-state index in [1.807, 2.05) is 5.48 Å². The van der Waals surface area contributed by atoms with E-state index in [2.05, 4.69) is 9.82 Å². The average Bonchev–Trinajstić information content (AvgIpc) is 2.10. The molecule has 6 heteroatoms. The monoisotopic (exact) mass is 202 g/mol. The Kier molecular flexibility index (Phi) is 3.05. The van der Waals surface area contributed by atoms with Crippen molar-refractivity contribution in [1.82, 2.24) is 10.5 Å². The van der Waals surface area contributed by atoms with Gasteiger partial charge in [0, 0.05) is 12.4 Å². The summed E-state index contributed by atoms with van der Waals surface area (Å²) in [4.78, 5) is 29.2. The Morgan fingerprint density at radius 2 is 2.31 bits per heavy atom. The summed E-state index contributed by atoms with van der Waals surface area (Å²) < 4.78 is 0. The molecule has 1 aromatic heterocycles. The van der Waals surface area contributed by atoms with Crippen LogP contribution in [-0.4, -0.2) is 18.0 Å². The molecule has 13 heavy (non-hydrogen) atoms. The fraction of sp³-hybridized carbons (Fsp3) is 0.143. The zero-order valence-corrected chi connectivity index (χ0v) is 7.51. The van der Waals surface area contributed by atoms with Crippen LogP contribution in [0.5, 0.6) is 0 Å². The zero-order chi connectivity index (χ0) is 9.84. The molecule has 2 N–H and O–H groups in total. The summed E-state index contributed by atoms with van der Waals surface area (Å²) in [6, 6.07) is 0. The zero-order valence-electron chi connectivity index (χ0n) is 6.76. The van der Waals surface area contributed by atoms with Crippen molar-refractivity contribution < 1.29 is 9.63 Å². The second-order valence-corrected chi connectivity index (χ2v) is 2.59. The first-order valence-electron chi connectivity index (χ1n) is 3.36. The molecule has 1 heterocycles. The lowest BCUT2D eigenvalue weighted by atomic mass is 10.3. The standard InChI is InChI=1S/C7H7ClN2O3/c1-13-10-7(12)4-2-9-3-5(8)6(4)11/h2-3H,1H3,(H,9,11)(H,10,12). The van der Waals surface area contributed by atoms with Gasteiger partial charge in [0.25, 0.3) is 5.91 Å². The largest absolute Gasteiger partial charge is 0.365 e. The smallest absolute Gasteiger partial charge is 0.280 e. The topological polar surface area (TPSA) is 71.2 Å². The minimum Gasteiger partial charge on any atom is -0.365 e. The number of hydrogen-bond acceptors (Lipinski definition) is 3. The van der Waals surface area contributed by atoms with E-state index in [-0.39, 0.29) is 10.6 Å². The predicted molar refractivity (Wildman–Crippen MR) is 46.5 cm³/mol. The summed E-state index contributed by atoms with van der Waals surface area (Å²) in [7, 11) is 1.27. The van der Waals surface area contributed by atoms with Crippen molar-refractivity contribution in [3.63, 3.8) is 0 Å². The summed E-state index contributed by atoms with van der Waals surface area (Å²) in [6.07, 6.45) is 2.55. The highest BCUT2D eigenvalue weighted by atomic mass is 35.5. The molecule has 0 aromatic carbocycles. The molecule has 0 saturated heterocycles. The fourth-order valence-corrected chi connectivity index (χ4v) is 0.939. The molecule has 0 unspecified atom stereocenters. The van der Waals surface area contributed by atoms with Crippen LogP contribution < -0.4 is 10.9 Å². The third-order valence-electron chi connectivity index (χ3n) is 1.34. The van der Waals surface area contributed by atoms with Crippen molar-refractivity contribution in [1.29, 1.82) is 0 Å². The van der Waals surface area contributed by atoms with Crippen molar-refractivity contribution in [3.8, 4) is 0 Å². The molecule has 0 radical (unpaired) electrons. The quantitative estimate of drug-likeness (QED) is 0.679. The Balaban J connectivity index is 3.08. The van der Waals surface area contributed by atoms with E-state index in [1.54, 1.807) is 0 Å². The van der Waals surface area contributed by atoms with Crippen LogP contribution >= 0.6 is 11.6 Å². The van der Waals surface area contributed by atoms with Gasteiger partial charge in [-0.05, 0) is 0 Å². The van der Waals surface area contributed by atoms with E-state index in [0.717, 1.165) is 0 Å². The van der Waals surface area contributed by atoms with E-state index in [4.69, 9.17) is 11.6 Å². The maximum atomic E-state index is 11.2. The van der Waals surface area contributed by atoms with Gasteiger partial charge in [0.2, 0.25) is 5.43 Å². The van der Waals surface area contributed by atoms with Crippen molar-refractivity contribution in [2.75, 3.05) is 7.11 Å². The number of rotatable bonds is 2. The summed E-state index contributed by atoms with van der Waals surface area (Å²) in [6.45, 7) is 0. The highest BCUT2D eigenvalue weighted by molar-refractivity contribution is 6.30. The number of amides is 1. The van der Waals surface area contributed by atoms with Gasteiger partial charge in [-0.1, -0.05) is 11.6 Å². The number of carbonyl (C=O) groups excluding carboxylic acids is 1. The van der Waals surface area contributed by atoms with Crippen molar-refractivity contribution in [2.45, 2.75) is 0 Å². The number of hydrogen-bond donors (Lipinski definition) is 2. The molecule has 0 atom stereocenters. The van der Waals surface area contributed by atoms with Crippen LogP contribution in [0.4, 0.5) is 0 Å². The molecular weight excluding hydrogens is 196 g/mol. The Morgan fingerprint density at radius 3 is 2.92 bits per heavy atom. The van der Waals surface area contributed by atoms with E-state index in [9.17, 15) is 9.59 Å². The van der Waals surface area contributed by atoms with E-state index < -0.39 is 11.3 Å². The Bertz CT molecular complexity index is 374. The molecule has 1 rings (SSSR count). The first-order valence-corrected chi connectivity index (χ1v) is 3.74. The highest BCUT2D eigenvalue weighted by Crippen LogP contribution is 1.99. The third-order valence-corrected chi connectivity index (χ3v) is 1.62. The first-order chi connectivity index (χ1) is 6.16. The van der Waals surface area contributed by atoms with Gasteiger partial charge in [-0.2, -0.15) is 0 Å². The van der Waals surface area contributed by atoms with Crippen LogP contribution in [0.3, 0.4) is 0 Å². The number of carbonyl (C=O) groups is 1. The Hall–Kier alpha value is -1.33. The predicted octanol–water partition coefficient (Wildman–Crippen LogP) is 0.320. The molecule has 0 aliphatic heterocycles.